The summed E-state index contributed by atoms with van der Waals surface area (Å²) in [7, 11) is -3.22. The first-order valence-electron chi connectivity index (χ1n) is 22.3. The van der Waals surface area contributed by atoms with Crippen LogP contribution in [0.5, 0.6) is 0 Å². The van der Waals surface area contributed by atoms with Crippen LogP contribution in [-0.2, 0) is 32.7 Å². The molecular weight excluding hydrogens is 711 g/mol. The normalized spacial score (nSPS) is 13.7. The van der Waals surface area contributed by atoms with Crippen molar-refractivity contribution in [3.05, 3.63) is 48.6 Å². The summed E-state index contributed by atoms with van der Waals surface area (Å²) >= 11 is 0. The number of allylic oxidation sites excluding steroid dienone is 8. The fourth-order valence-electron chi connectivity index (χ4n) is 6.18. The van der Waals surface area contributed by atoms with Crippen molar-refractivity contribution < 1.29 is 37.6 Å². The van der Waals surface area contributed by atoms with E-state index in [1.165, 1.54) is 116 Å². The number of rotatable bonds is 41. The van der Waals surface area contributed by atoms with E-state index in [1.807, 2.05) is 0 Å². The smallest absolute Gasteiger partial charge is 0.462 e. The number of phosphoric ester groups is 1. The van der Waals surface area contributed by atoms with Gasteiger partial charge in [-0.25, -0.2) is 4.57 Å². The molecule has 2 atom stereocenters. The van der Waals surface area contributed by atoms with Gasteiger partial charge in [-0.15, -0.1) is 0 Å². The zero-order valence-electron chi connectivity index (χ0n) is 35.6. The number of ether oxygens (including phenoxy) is 2. The summed E-state index contributed by atoms with van der Waals surface area (Å²) in [4.78, 5) is 34.5. The van der Waals surface area contributed by atoms with E-state index in [-0.39, 0.29) is 25.4 Å². The lowest BCUT2D eigenvalue weighted by Gasteiger charge is -2.19. The summed E-state index contributed by atoms with van der Waals surface area (Å²) < 4.78 is 32.0. The quantitative estimate of drug-likeness (QED) is 0.0282. The van der Waals surface area contributed by atoms with E-state index < -0.39 is 26.5 Å². The fourth-order valence-corrected chi connectivity index (χ4v) is 6.64. The van der Waals surface area contributed by atoms with Gasteiger partial charge in [0, 0.05) is 20.0 Å². The minimum Gasteiger partial charge on any atom is -0.462 e. The van der Waals surface area contributed by atoms with Gasteiger partial charge in [0.05, 0.1) is 6.61 Å². The highest BCUT2D eigenvalue weighted by molar-refractivity contribution is 7.47. The molecule has 0 amide bonds. The van der Waals surface area contributed by atoms with Crippen LogP contribution in [0.1, 0.15) is 206 Å². The van der Waals surface area contributed by atoms with E-state index in [2.05, 4.69) is 67.0 Å². The van der Waals surface area contributed by atoms with Crippen LogP contribution >= 0.6 is 7.82 Å². The maximum Gasteiger partial charge on any atom is 0.472 e. The number of esters is 2. The van der Waals surface area contributed by atoms with E-state index in [0.717, 1.165) is 64.9 Å². The van der Waals surface area contributed by atoms with Crippen LogP contribution in [-0.4, -0.2) is 43.3 Å². The lowest BCUT2D eigenvalue weighted by molar-refractivity contribution is -0.161. The van der Waals surface area contributed by atoms with Crippen LogP contribution in [0.25, 0.3) is 0 Å². The summed E-state index contributed by atoms with van der Waals surface area (Å²) in [5, 5.41) is 0. The van der Waals surface area contributed by atoms with Gasteiger partial charge in [0.2, 0.25) is 0 Å². The van der Waals surface area contributed by atoms with Gasteiger partial charge in [0.1, 0.15) is 6.61 Å². The van der Waals surface area contributed by atoms with Crippen molar-refractivity contribution in [2.45, 2.75) is 213 Å². The molecule has 1 N–H and O–H groups in total. The SMILES string of the molecule is CC/C=C\C/C=C\C/C=C\C/C=C\CCCCC(=O)OC(COC(=O)CCCCCCCCCCCCCCCCCCCCCCC)COP(=O)(O)OC. The molecular formula is C46H83O8P. The Kier molecular flexibility index (Phi) is 40.1. The Labute approximate surface area is 338 Å². The number of phosphoric acid groups is 1. The molecule has 0 aliphatic rings. The van der Waals surface area contributed by atoms with Crippen molar-refractivity contribution in [1.82, 2.24) is 0 Å². The second-order valence-corrected chi connectivity index (χ2v) is 16.4. The summed E-state index contributed by atoms with van der Waals surface area (Å²) in [5.41, 5.74) is 0. The van der Waals surface area contributed by atoms with E-state index in [9.17, 15) is 19.0 Å². The molecule has 0 fully saturated rings. The highest BCUT2D eigenvalue weighted by Crippen LogP contribution is 2.42. The molecule has 320 valence electrons. The molecule has 0 aromatic rings. The van der Waals surface area contributed by atoms with E-state index in [4.69, 9.17) is 14.0 Å². The third kappa shape index (κ3) is 41.5. The van der Waals surface area contributed by atoms with Crippen LogP contribution in [0, 0.1) is 0 Å². The number of carbonyl (C=O) groups excluding carboxylic acids is 2. The molecule has 0 rings (SSSR count). The molecule has 9 heteroatoms. The highest BCUT2D eigenvalue weighted by atomic mass is 31.2. The Bertz CT molecular complexity index is 1040. The number of carbonyl (C=O) groups is 2. The highest BCUT2D eigenvalue weighted by Gasteiger charge is 2.24. The Morgan fingerprint density at radius 1 is 0.527 bits per heavy atom. The van der Waals surface area contributed by atoms with E-state index >= 15 is 0 Å². The van der Waals surface area contributed by atoms with Crippen molar-refractivity contribution >= 4 is 19.8 Å². The van der Waals surface area contributed by atoms with Crippen LogP contribution in [0.2, 0.25) is 0 Å². The first-order valence-corrected chi connectivity index (χ1v) is 23.8. The van der Waals surface area contributed by atoms with Crippen LogP contribution in [0.15, 0.2) is 48.6 Å². The van der Waals surface area contributed by atoms with Gasteiger partial charge in [0.25, 0.3) is 0 Å². The van der Waals surface area contributed by atoms with Gasteiger partial charge in [-0.05, 0) is 51.4 Å². The molecule has 2 unspecified atom stereocenters. The second kappa shape index (κ2) is 41.6. The van der Waals surface area contributed by atoms with Gasteiger partial charge >= 0.3 is 19.8 Å². The first-order chi connectivity index (χ1) is 26.8. The largest absolute Gasteiger partial charge is 0.472 e. The van der Waals surface area contributed by atoms with Crippen molar-refractivity contribution in [3.63, 3.8) is 0 Å². The third-order valence-electron chi connectivity index (χ3n) is 9.59. The molecule has 8 nitrogen and oxygen atoms in total. The number of hydrogen-bond acceptors (Lipinski definition) is 7. The Morgan fingerprint density at radius 3 is 1.38 bits per heavy atom. The number of hydrogen-bond donors (Lipinski definition) is 1. The van der Waals surface area contributed by atoms with Crippen LogP contribution in [0.3, 0.4) is 0 Å². The van der Waals surface area contributed by atoms with Gasteiger partial charge in [0.15, 0.2) is 6.10 Å². The minimum absolute atomic E-state index is 0.193. The lowest BCUT2D eigenvalue weighted by atomic mass is 10.0. The standard InChI is InChI=1S/C46H83O8P/c1-4-6-8-10-12-14-16-18-20-21-22-23-24-25-27-28-30-32-34-36-38-40-45(47)52-42-44(43-53-55(49,50)51-3)54-46(48)41-39-37-35-33-31-29-26-19-17-15-13-11-9-7-5-2/h7,9,13,15,19,26,31,33,44H,4-6,8,10-12,14,16-18,20-25,27-30,32,34-43H2,1-3H3,(H,49,50)/b9-7-,15-13-,26-19-,33-31-. The molecule has 0 radical (unpaired) electrons. The predicted octanol–water partition coefficient (Wildman–Crippen LogP) is 14.2. The molecule has 0 heterocycles. The van der Waals surface area contributed by atoms with Gasteiger partial charge < -0.3 is 14.4 Å². The van der Waals surface area contributed by atoms with Crippen molar-refractivity contribution in [3.8, 4) is 0 Å². The van der Waals surface area contributed by atoms with Gasteiger partial charge in [-0.3, -0.25) is 18.6 Å². The summed E-state index contributed by atoms with van der Waals surface area (Å²) in [6.45, 7) is 3.76. The Hall–Kier alpha value is -1.99. The summed E-state index contributed by atoms with van der Waals surface area (Å²) in [6, 6.07) is 0. The predicted molar refractivity (Wildman–Crippen MR) is 230 cm³/mol. The van der Waals surface area contributed by atoms with Crippen LogP contribution < -0.4 is 0 Å². The molecule has 0 aromatic carbocycles. The fraction of sp³-hybridized carbons (Fsp3) is 0.783. The van der Waals surface area contributed by atoms with Crippen molar-refractivity contribution in [2.75, 3.05) is 20.3 Å². The summed E-state index contributed by atoms with van der Waals surface area (Å²) in [5.74, 6) is -0.847. The van der Waals surface area contributed by atoms with Crippen LogP contribution in [0.4, 0.5) is 0 Å². The molecule has 0 saturated carbocycles. The molecule has 0 aromatic heterocycles. The molecule has 0 aliphatic heterocycles. The monoisotopic (exact) mass is 795 g/mol. The Balaban J connectivity index is 3.97. The molecule has 0 spiro atoms. The number of unbranched alkanes of at least 4 members (excludes halogenated alkanes) is 22. The van der Waals surface area contributed by atoms with E-state index in [1.54, 1.807) is 0 Å². The molecule has 55 heavy (non-hydrogen) atoms. The third-order valence-corrected chi connectivity index (χ3v) is 10.5. The van der Waals surface area contributed by atoms with Crippen molar-refractivity contribution in [1.29, 1.82) is 0 Å². The first kappa shape index (κ1) is 53.0. The average molecular weight is 795 g/mol. The maximum atomic E-state index is 12.5. The average Bonchev–Trinajstić information content (AvgIpc) is 3.18. The maximum absolute atomic E-state index is 12.5. The zero-order valence-corrected chi connectivity index (χ0v) is 36.5. The van der Waals surface area contributed by atoms with Crippen molar-refractivity contribution in [2.24, 2.45) is 0 Å². The van der Waals surface area contributed by atoms with Gasteiger partial charge in [-0.2, -0.15) is 0 Å². The van der Waals surface area contributed by atoms with Gasteiger partial charge in [-0.1, -0.05) is 191 Å². The lowest BCUT2D eigenvalue weighted by Crippen LogP contribution is -2.29. The van der Waals surface area contributed by atoms with E-state index in [0.29, 0.717) is 6.42 Å². The zero-order chi connectivity index (χ0) is 40.3. The minimum atomic E-state index is -4.27. The topological polar surface area (TPSA) is 108 Å². The molecule has 0 aliphatic carbocycles. The Morgan fingerprint density at radius 2 is 0.927 bits per heavy atom. The molecule has 0 saturated heterocycles. The summed E-state index contributed by atoms with van der Waals surface area (Å²) in [6.07, 6.45) is 50.3. The second-order valence-electron chi connectivity index (χ2n) is 14.8. The molecule has 0 bridgehead atoms.